The van der Waals surface area contributed by atoms with Crippen molar-refractivity contribution in [3.05, 3.63) is 157 Å². The lowest BCUT2D eigenvalue weighted by molar-refractivity contribution is 0.664. The quantitative estimate of drug-likeness (QED) is 0.196. The second-order valence-electron chi connectivity index (χ2n) is 12.6. The van der Waals surface area contributed by atoms with E-state index in [9.17, 15) is 0 Å². The molecule has 0 aliphatic heterocycles. The summed E-state index contributed by atoms with van der Waals surface area (Å²) >= 11 is 0. The predicted octanol–water partition coefficient (Wildman–Crippen LogP) is 11.2. The summed E-state index contributed by atoms with van der Waals surface area (Å²) in [5, 5.41) is 7.40. The van der Waals surface area contributed by atoms with Gasteiger partial charge in [-0.1, -0.05) is 153 Å². The van der Waals surface area contributed by atoms with E-state index in [2.05, 4.69) is 159 Å². The van der Waals surface area contributed by atoms with Crippen LogP contribution in [0.1, 0.15) is 25.0 Å². The summed E-state index contributed by atoms with van der Waals surface area (Å²) < 4.78 is 0. The molecule has 0 fully saturated rings. The van der Waals surface area contributed by atoms with Gasteiger partial charge in [-0.15, -0.1) is 0 Å². The average Bonchev–Trinajstić information content (AvgIpc) is 3.35. The third-order valence-corrected chi connectivity index (χ3v) is 9.60. The van der Waals surface area contributed by atoms with Crippen molar-refractivity contribution in [2.75, 3.05) is 0 Å². The van der Waals surface area contributed by atoms with Crippen LogP contribution in [0.4, 0.5) is 0 Å². The zero-order chi connectivity index (χ0) is 30.1. The highest BCUT2D eigenvalue weighted by Gasteiger charge is 2.42. The molecular weight excluding hydrogens is 544 g/mol. The van der Waals surface area contributed by atoms with E-state index in [0.717, 1.165) is 33.7 Å². The van der Waals surface area contributed by atoms with E-state index in [1.165, 1.54) is 54.7 Å². The molecule has 0 atom stereocenters. The average molecular weight is 575 g/mol. The largest absolute Gasteiger partial charge is 0.228 e. The number of fused-ring (bicyclic) bond motifs is 9. The lowest BCUT2D eigenvalue weighted by Gasteiger charge is -2.25. The monoisotopic (exact) mass is 574 g/mol. The molecule has 0 amide bonds. The maximum absolute atomic E-state index is 5.52. The van der Waals surface area contributed by atoms with Crippen LogP contribution in [0.15, 0.2) is 146 Å². The van der Waals surface area contributed by atoms with Crippen LogP contribution in [0.3, 0.4) is 0 Å². The van der Waals surface area contributed by atoms with Gasteiger partial charge < -0.3 is 0 Å². The first-order valence-corrected chi connectivity index (χ1v) is 15.6. The molecule has 0 N–H and O–H groups in total. The molecule has 8 aromatic rings. The zero-order valence-electron chi connectivity index (χ0n) is 25.3. The van der Waals surface area contributed by atoms with Gasteiger partial charge in [-0.3, -0.25) is 0 Å². The van der Waals surface area contributed by atoms with Crippen molar-refractivity contribution in [3.8, 4) is 45.0 Å². The summed E-state index contributed by atoms with van der Waals surface area (Å²) in [6.07, 6.45) is 0. The van der Waals surface area contributed by atoms with E-state index in [1.807, 2.05) is 0 Å². The Hall–Kier alpha value is -5.60. The van der Waals surface area contributed by atoms with Gasteiger partial charge in [-0.2, -0.15) is 0 Å². The fraction of sp³-hybridized carbons (Fsp3) is 0.0698. The summed E-state index contributed by atoms with van der Waals surface area (Å²) in [6, 6.07) is 52.1. The number of rotatable bonds is 3. The van der Waals surface area contributed by atoms with Gasteiger partial charge in [0, 0.05) is 27.7 Å². The first-order valence-electron chi connectivity index (χ1n) is 15.6. The van der Waals surface area contributed by atoms with Crippen molar-refractivity contribution in [2.45, 2.75) is 19.3 Å². The van der Waals surface area contributed by atoms with Gasteiger partial charge in [0.1, 0.15) is 0 Å². The lowest BCUT2D eigenvalue weighted by atomic mass is 9.78. The van der Waals surface area contributed by atoms with Crippen molar-refractivity contribution in [2.24, 2.45) is 0 Å². The molecular formula is C43H30N2. The van der Waals surface area contributed by atoms with Gasteiger partial charge in [0.25, 0.3) is 0 Å². The van der Waals surface area contributed by atoms with Gasteiger partial charge >= 0.3 is 0 Å². The maximum Gasteiger partial charge on any atom is 0.161 e. The molecule has 0 saturated heterocycles. The maximum atomic E-state index is 5.52. The van der Waals surface area contributed by atoms with Crippen molar-refractivity contribution in [1.82, 2.24) is 9.97 Å². The second kappa shape index (κ2) is 9.70. The molecule has 0 radical (unpaired) electrons. The number of hydrogen-bond acceptors (Lipinski definition) is 2. The molecule has 0 unspecified atom stereocenters. The smallest absolute Gasteiger partial charge is 0.161 e. The lowest BCUT2D eigenvalue weighted by Crippen LogP contribution is -2.18. The van der Waals surface area contributed by atoms with Gasteiger partial charge in [0.05, 0.1) is 11.4 Å². The molecule has 0 spiro atoms. The topological polar surface area (TPSA) is 25.8 Å². The summed E-state index contributed by atoms with van der Waals surface area (Å²) in [5.74, 6) is 0.756. The van der Waals surface area contributed by atoms with Crippen molar-refractivity contribution in [3.63, 3.8) is 0 Å². The van der Waals surface area contributed by atoms with Crippen molar-refractivity contribution >= 4 is 32.3 Å². The fourth-order valence-corrected chi connectivity index (χ4v) is 7.62. The van der Waals surface area contributed by atoms with Crippen LogP contribution in [0.5, 0.6) is 0 Å². The molecule has 2 nitrogen and oxygen atoms in total. The van der Waals surface area contributed by atoms with E-state index in [0.29, 0.717) is 0 Å². The molecule has 45 heavy (non-hydrogen) atoms. The Morgan fingerprint density at radius 3 is 1.78 bits per heavy atom. The highest BCUT2D eigenvalue weighted by atomic mass is 14.9. The Morgan fingerprint density at radius 2 is 0.978 bits per heavy atom. The summed E-state index contributed by atoms with van der Waals surface area (Å²) in [4.78, 5) is 11.0. The Labute approximate surface area is 262 Å². The SMILES string of the molecule is CC1(C)c2c(-c3cccc(-c4ccccc4)c3)nc(-c3cccc4ccccc34)nc2-c2c1c1ccccc1c1ccccc21. The van der Waals surface area contributed by atoms with Crippen LogP contribution in [-0.2, 0) is 5.41 Å². The fourth-order valence-electron chi connectivity index (χ4n) is 7.62. The molecule has 1 aliphatic carbocycles. The number of benzene rings is 7. The molecule has 7 aromatic carbocycles. The van der Waals surface area contributed by atoms with Crippen LogP contribution in [-0.4, -0.2) is 9.97 Å². The molecule has 1 heterocycles. The molecule has 1 aromatic heterocycles. The van der Waals surface area contributed by atoms with Gasteiger partial charge in [-0.25, -0.2) is 9.97 Å². The van der Waals surface area contributed by atoms with E-state index in [1.54, 1.807) is 0 Å². The highest BCUT2D eigenvalue weighted by molar-refractivity contribution is 6.18. The van der Waals surface area contributed by atoms with Crippen LogP contribution in [0.25, 0.3) is 77.3 Å². The number of nitrogens with zero attached hydrogens (tertiary/aromatic N) is 2. The van der Waals surface area contributed by atoms with Gasteiger partial charge in [0.15, 0.2) is 5.82 Å². The zero-order valence-corrected chi connectivity index (χ0v) is 25.3. The number of hydrogen-bond donors (Lipinski definition) is 0. The Kier molecular flexibility index (Phi) is 5.58. The van der Waals surface area contributed by atoms with Crippen LogP contribution < -0.4 is 0 Å². The minimum absolute atomic E-state index is 0.330. The summed E-state index contributed by atoms with van der Waals surface area (Å²) in [7, 11) is 0. The standard InChI is InChI=1S/C43H30N2/c1-43(2)38-35-24-11-9-22-33(35)32-21-8-10-23-34(32)37(38)41-39(43)40(30-19-12-18-29(26-30)27-14-4-3-5-15-27)44-42(45-41)36-25-13-17-28-16-6-7-20-31(28)36/h3-26H,1-2H3. The normalized spacial score (nSPS) is 13.3. The van der Waals surface area contributed by atoms with Crippen LogP contribution in [0.2, 0.25) is 0 Å². The van der Waals surface area contributed by atoms with Crippen LogP contribution >= 0.6 is 0 Å². The Bertz CT molecular complexity index is 2450. The predicted molar refractivity (Wildman–Crippen MR) is 188 cm³/mol. The molecule has 2 heteroatoms. The van der Waals surface area contributed by atoms with E-state index in [4.69, 9.17) is 9.97 Å². The Balaban J connectivity index is 1.43. The highest BCUT2D eigenvalue weighted by Crippen LogP contribution is 2.56. The molecule has 1 aliphatic rings. The second-order valence-corrected chi connectivity index (χ2v) is 12.6. The van der Waals surface area contributed by atoms with E-state index >= 15 is 0 Å². The molecule has 212 valence electrons. The molecule has 9 rings (SSSR count). The number of aromatic nitrogens is 2. The van der Waals surface area contributed by atoms with E-state index in [-0.39, 0.29) is 5.41 Å². The minimum Gasteiger partial charge on any atom is -0.228 e. The Morgan fingerprint density at radius 1 is 0.422 bits per heavy atom. The molecule has 0 bridgehead atoms. The van der Waals surface area contributed by atoms with Gasteiger partial charge in [-0.05, 0) is 55.1 Å². The van der Waals surface area contributed by atoms with Gasteiger partial charge in [0.2, 0.25) is 0 Å². The summed E-state index contributed by atoms with van der Waals surface area (Å²) in [6.45, 7) is 4.70. The van der Waals surface area contributed by atoms with Crippen molar-refractivity contribution < 1.29 is 0 Å². The third kappa shape index (κ3) is 3.82. The first kappa shape index (κ1) is 25.9. The minimum atomic E-state index is -0.330. The molecule has 0 saturated carbocycles. The first-order chi connectivity index (χ1) is 22.1. The third-order valence-electron chi connectivity index (χ3n) is 9.60. The van der Waals surface area contributed by atoms with Crippen LogP contribution in [0, 0.1) is 0 Å². The van der Waals surface area contributed by atoms with E-state index < -0.39 is 0 Å². The summed E-state index contributed by atoms with van der Waals surface area (Å²) in [5.41, 5.74) is 9.97. The van der Waals surface area contributed by atoms with Crippen molar-refractivity contribution in [1.29, 1.82) is 0 Å².